The highest BCUT2D eigenvalue weighted by Crippen LogP contribution is 2.38. The molecule has 1 aliphatic rings. The molecule has 0 aromatic heterocycles. The zero-order valence-corrected chi connectivity index (χ0v) is 16.3. The van der Waals surface area contributed by atoms with Gasteiger partial charge in [-0.1, -0.05) is 17.7 Å². The average Bonchev–Trinajstić information content (AvgIpc) is 3.00. The number of hydrogen-bond donors (Lipinski definition) is 1. The van der Waals surface area contributed by atoms with Gasteiger partial charge in [0.1, 0.15) is 0 Å². The number of halogens is 1. The van der Waals surface area contributed by atoms with Gasteiger partial charge in [0, 0.05) is 16.3 Å². The highest BCUT2D eigenvalue weighted by molar-refractivity contribution is 6.36. The van der Waals surface area contributed by atoms with Gasteiger partial charge in [-0.3, -0.25) is 9.59 Å². The van der Waals surface area contributed by atoms with E-state index < -0.39 is 0 Å². The lowest BCUT2D eigenvalue weighted by molar-refractivity contribution is -0.112. The number of nitrogens with one attached hydrogen (secondary N) is 1. The number of hydrogen-bond acceptors (Lipinski definition) is 5. The molecule has 2 aromatic carbocycles. The van der Waals surface area contributed by atoms with E-state index in [0.717, 1.165) is 0 Å². The fourth-order valence-corrected chi connectivity index (χ4v) is 3.04. The van der Waals surface area contributed by atoms with Crippen molar-refractivity contribution in [3.63, 3.8) is 0 Å². The summed E-state index contributed by atoms with van der Waals surface area (Å²) in [5, 5.41) is 3.20. The Bertz CT molecular complexity index is 985. The van der Waals surface area contributed by atoms with Crippen molar-refractivity contribution in [2.75, 3.05) is 26.6 Å². The van der Waals surface area contributed by atoms with E-state index >= 15 is 0 Å². The SMILES string of the molecule is COc1cc(/C=C/C(=O)/C=C2/C(=O)Nc3ccc(Cl)cc32)cc(OC)c1OC. The van der Waals surface area contributed by atoms with Gasteiger partial charge in [0.15, 0.2) is 17.3 Å². The number of amides is 1. The van der Waals surface area contributed by atoms with Crippen LogP contribution in [0.2, 0.25) is 5.02 Å². The summed E-state index contributed by atoms with van der Waals surface area (Å²) in [6.07, 6.45) is 4.26. The molecule has 1 heterocycles. The number of anilines is 1. The van der Waals surface area contributed by atoms with Crippen LogP contribution in [-0.2, 0) is 9.59 Å². The predicted molar refractivity (Wildman–Crippen MR) is 108 cm³/mol. The summed E-state index contributed by atoms with van der Waals surface area (Å²) < 4.78 is 15.9. The van der Waals surface area contributed by atoms with Gasteiger partial charge in [0.25, 0.3) is 5.91 Å². The third-order valence-corrected chi connectivity index (χ3v) is 4.41. The van der Waals surface area contributed by atoms with E-state index in [-0.39, 0.29) is 17.3 Å². The second-order valence-corrected chi connectivity index (χ2v) is 6.33. The molecule has 0 saturated heterocycles. The molecule has 28 heavy (non-hydrogen) atoms. The zero-order chi connectivity index (χ0) is 20.3. The molecule has 0 unspecified atom stereocenters. The maximum Gasteiger partial charge on any atom is 0.256 e. The summed E-state index contributed by atoms with van der Waals surface area (Å²) in [6.45, 7) is 0. The van der Waals surface area contributed by atoms with Crippen LogP contribution in [0.3, 0.4) is 0 Å². The first kappa shape index (κ1) is 19.5. The normalized spacial score (nSPS) is 14.1. The Kier molecular flexibility index (Phi) is 5.70. The van der Waals surface area contributed by atoms with E-state index in [4.69, 9.17) is 25.8 Å². The van der Waals surface area contributed by atoms with Crippen LogP contribution >= 0.6 is 11.6 Å². The lowest BCUT2D eigenvalue weighted by Crippen LogP contribution is -2.05. The van der Waals surface area contributed by atoms with E-state index in [1.54, 1.807) is 36.4 Å². The van der Waals surface area contributed by atoms with Crippen molar-refractivity contribution in [3.05, 3.63) is 58.6 Å². The van der Waals surface area contributed by atoms with Crippen molar-refractivity contribution in [1.29, 1.82) is 0 Å². The van der Waals surface area contributed by atoms with Gasteiger partial charge in [0.2, 0.25) is 5.75 Å². The molecule has 0 atom stereocenters. The van der Waals surface area contributed by atoms with E-state index in [9.17, 15) is 9.59 Å². The Morgan fingerprint density at radius 2 is 1.71 bits per heavy atom. The van der Waals surface area contributed by atoms with Crippen molar-refractivity contribution in [2.45, 2.75) is 0 Å². The van der Waals surface area contributed by atoms with Crippen LogP contribution in [0.15, 0.2) is 42.5 Å². The summed E-state index contributed by atoms with van der Waals surface area (Å²) in [7, 11) is 4.55. The van der Waals surface area contributed by atoms with Crippen LogP contribution < -0.4 is 19.5 Å². The number of allylic oxidation sites excluding steroid dienone is 2. The van der Waals surface area contributed by atoms with E-state index in [2.05, 4.69) is 5.32 Å². The highest BCUT2D eigenvalue weighted by Gasteiger charge is 2.24. The number of carbonyl (C=O) groups excluding carboxylic acids is 2. The smallest absolute Gasteiger partial charge is 0.256 e. The van der Waals surface area contributed by atoms with Gasteiger partial charge in [0.05, 0.1) is 26.9 Å². The Morgan fingerprint density at radius 3 is 2.32 bits per heavy atom. The molecule has 0 saturated carbocycles. The van der Waals surface area contributed by atoms with E-state index in [1.807, 2.05) is 0 Å². The lowest BCUT2D eigenvalue weighted by atomic mass is 10.1. The first-order chi connectivity index (χ1) is 13.5. The Labute approximate surface area is 167 Å². The summed E-state index contributed by atoms with van der Waals surface area (Å²) in [4.78, 5) is 24.5. The third kappa shape index (κ3) is 3.87. The van der Waals surface area contributed by atoms with Crippen molar-refractivity contribution < 1.29 is 23.8 Å². The largest absolute Gasteiger partial charge is 0.493 e. The molecule has 0 fully saturated rings. The number of ketones is 1. The van der Waals surface area contributed by atoms with Crippen LogP contribution in [0, 0.1) is 0 Å². The van der Waals surface area contributed by atoms with Crippen LogP contribution in [-0.4, -0.2) is 33.0 Å². The average molecular weight is 400 g/mol. The second kappa shape index (κ2) is 8.19. The quantitative estimate of drug-likeness (QED) is 0.743. The molecular formula is C21H18ClNO5. The maximum absolute atomic E-state index is 12.4. The molecular weight excluding hydrogens is 382 g/mol. The van der Waals surface area contributed by atoms with Crippen molar-refractivity contribution in [3.8, 4) is 17.2 Å². The molecule has 0 bridgehead atoms. The third-order valence-electron chi connectivity index (χ3n) is 4.18. The fourth-order valence-electron chi connectivity index (χ4n) is 2.87. The molecule has 3 rings (SSSR count). The second-order valence-electron chi connectivity index (χ2n) is 5.90. The number of ether oxygens (including phenoxy) is 3. The molecule has 7 heteroatoms. The topological polar surface area (TPSA) is 73.9 Å². The minimum absolute atomic E-state index is 0.275. The van der Waals surface area contributed by atoms with Crippen molar-refractivity contribution in [2.24, 2.45) is 0 Å². The van der Waals surface area contributed by atoms with Gasteiger partial charge < -0.3 is 19.5 Å². The highest BCUT2D eigenvalue weighted by atomic mass is 35.5. The first-order valence-corrected chi connectivity index (χ1v) is 8.69. The fraction of sp³-hybridized carbons (Fsp3) is 0.143. The standard InChI is InChI=1S/C21H18ClNO5/c1-26-18-8-12(9-19(27-2)20(18)28-3)4-6-14(24)11-16-15-10-13(22)5-7-17(15)23-21(16)25/h4-11H,1-3H3,(H,23,25)/b6-4+,16-11+. The first-order valence-electron chi connectivity index (χ1n) is 8.32. The van der Waals surface area contributed by atoms with Crippen LogP contribution in [0.4, 0.5) is 5.69 Å². The Morgan fingerprint density at radius 1 is 1.04 bits per heavy atom. The molecule has 6 nitrogen and oxygen atoms in total. The summed E-state index contributed by atoms with van der Waals surface area (Å²) in [5.41, 5.74) is 2.19. The maximum atomic E-state index is 12.4. The molecule has 1 amide bonds. The lowest BCUT2D eigenvalue weighted by Gasteiger charge is -2.12. The van der Waals surface area contributed by atoms with Gasteiger partial charge in [-0.15, -0.1) is 0 Å². The van der Waals surface area contributed by atoms with Crippen molar-refractivity contribution >= 4 is 40.6 Å². The van der Waals surface area contributed by atoms with Crippen LogP contribution in [0.25, 0.3) is 11.6 Å². The summed E-state index contributed by atoms with van der Waals surface area (Å²) >= 11 is 6.00. The van der Waals surface area contributed by atoms with E-state index in [0.29, 0.717) is 39.1 Å². The Balaban J connectivity index is 1.88. The number of carbonyl (C=O) groups is 2. The minimum Gasteiger partial charge on any atom is -0.493 e. The van der Waals surface area contributed by atoms with Crippen molar-refractivity contribution in [1.82, 2.24) is 0 Å². The van der Waals surface area contributed by atoms with Gasteiger partial charge in [-0.05, 0) is 48.0 Å². The molecule has 0 aliphatic carbocycles. The minimum atomic E-state index is -0.341. The predicted octanol–water partition coefficient (Wildman–Crippen LogP) is 3.98. The van der Waals surface area contributed by atoms with Gasteiger partial charge >= 0.3 is 0 Å². The summed E-state index contributed by atoms with van der Waals surface area (Å²) in [5.74, 6) is 0.738. The molecule has 0 radical (unpaired) electrons. The molecule has 0 spiro atoms. The van der Waals surface area contributed by atoms with Crippen LogP contribution in [0.5, 0.6) is 17.2 Å². The van der Waals surface area contributed by atoms with E-state index in [1.165, 1.54) is 33.5 Å². The van der Waals surface area contributed by atoms with Gasteiger partial charge in [-0.25, -0.2) is 0 Å². The molecule has 144 valence electrons. The number of rotatable bonds is 6. The molecule has 1 aliphatic heterocycles. The summed E-state index contributed by atoms with van der Waals surface area (Å²) in [6, 6.07) is 8.46. The number of methoxy groups -OCH3 is 3. The number of benzene rings is 2. The monoisotopic (exact) mass is 399 g/mol. The molecule has 1 N–H and O–H groups in total. The van der Waals surface area contributed by atoms with Crippen LogP contribution in [0.1, 0.15) is 11.1 Å². The van der Waals surface area contributed by atoms with Gasteiger partial charge in [-0.2, -0.15) is 0 Å². The number of fused-ring (bicyclic) bond motifs is 1. The zero-order valence-electron chi connectivity index (χ0n) is 15.5. The Hall–Kier alpha value is -3.25. The molecule has 2 aromatic rings.